The number of rotatable bonds is 4. The first kappa shape index (κ1) is 16.2. The van der Waals surface area contributed by atoms with Crippen molar-refractivity contribution >= 4 is 33.5 Å². The second kappa shape index (κ2) is 7.22. The van der Waals surface area contributed by atoms with E-state index in [1.807, 2.05) is 32.0 Å². The Morgan fingerprint density at radius 2 is 1.91 bits per heavy atom. The standard InChI is InChI=1S/C17H16BrNO3/c1-11-4-3-5-13(8-11)17(21)22-10-16(20)19-14-6-7-15(18)12(2)9-14/h3-9H,10H2,1-2H3,(H,19,20). The number of hydrogen-bond donors (Lipinski definition) is 1. The van der Waals surface area contributed by atoms with Crippen LogP contribution < -0.4 is 5.32 Å². The van der Waals surface area contributed by atoms with Gasteiger partial charge in [0, 0.05) is 10.2 Å². The number of carbonyl (C=O) groups is 2. The fraction of sp³-hybridized carbons (Fsp3) is 0.176. The quantitative estimate of drug-likeness (QED) is 0.841. The van der Waals surface area contributed by atoms with Crippen molar-refractivity contribution in [2.45, 2.75) is 13.8 Å². The van der Waals surface area contributed by atoms with Crippen molar-refractivity contribution in [2.24, 2.45) is 0 Å². The predicted octanol–water partition coefficient (Wildman–Crippen LogP) is 3.86. The van der Waals surface area contributed by atoms with Gasteiger partial charge in [0.25, 0.3) is 5.91 Å². The molecule has 0 aliphatic heterocycles. The normalized spacial score (nSPS) is 10.1. The number of ether oxygens (including phenoxy) is 1. The summed E-state index contributed by atoms with van der Waals surface area (Å²) >= 11 is 3.39. The molecule has 0 spiro atoms. The number of aryl methyl sites for hydroxylation is 2. The van der Waals surface area contributed by atoms with Crippen LogP contribution in [0.1, 0.15) is 21.5 Å². The van der Waals surface area contributed by atoms with Gasteiger partial charge in [-0.3, -0.25) is 4.79 Å². The van der Waals surface area contributed by atoms with Gasteiger partial charge < -0.3 is 10.1 Å². The second-order valence-electron chi connectivity index (χ2n) is 4.96. The van der Waals surface area contributed by atoms with E-state index >= 15 is 0 Å². The Morgan fingerprint density at radius 1 is 1.14 bits per heavy atom. The summed E-state index contributed by atoms with van der Waals surface area (Å²) in [5, 5.41) is 2.69. The number of hydrogen-bond acceptors (Lipinski definition) is 3. The smallest absolute Gasteiger partial charge is 0.338 e. The van der Waals surface area contributed by atoms with Gasteiger partial charge in [-0.25, -0.2) is 4.79 Å². The van der Waals surface area contributed by atoms with Crippen molar-refractivity contribution in [1.82, 2.24) is 0 Å². The zero-order valence-electron chi connectivity index (χ0n) is 12.4. The summed E-state index contributed by atoms with van der Waals surface area (Å²) in [5.74, 6) is -0.881. The Balaban J connectivity index is 1.90. The zero-order valence-corrected chi connectivity index (χ0v) is 13.9. The average Bonchev–Trinajstić information content (AvgIpc) is 2.48. The molecule has 2 rings (SSSR count). The second-order valence-corrected chi connectivity index (χ2v) is 5.81. The molecular weight excluding hydrogens is 346 g/mol. The molecule has 0 aliphatic carbocycles. The highest BCUT2D eigenvalue weighted by atomic mass is 79.9. The van der Waals surface area contributed by atoms with E-state index in [0.29, 0.717) is 11.3 Å². The molecule has 0 aliphatic rings. The van der Waals surface area contributed by atoms with Gasteiger partial charge in [-0.1, -0.05) is 33.6 Å². The lowest BCUT2D eigenvalue weighted by molar-refractivity contribution is -0.119. The Morgan fingerprint density at radius 3 is 2.59 bits per heavy atom. The first-order valence-corrected chi connectivity index (χ1v) is 7.55. The Hall–Kier alpha value is -2.14. The molecule has 114 valence electrons. The minimum Gasteiger partial charge on any atom is -0.452 e. The average molecular weight is 362 g/mol. The number of nitrogens with one attached hydrogen (secondary N) is 1. The molecule has 1 amide bonds. The van der Waals surface area contributed by atoms with Crippen molar-refractivity contribution in [1.29, 1.82) is 0 Å². The first-order chi connectivity index (χ1) is 10.5. The van der Waals surface area contributed by atoms with Gasteiger partial charge in [0.1, 0.15) is 0 Å². The van der Waals surface area contributed by atoms with Crippen LogP contribution in [0.15, 0.2) is 46.9 Å². The zero-order chi connectivity index (χ0) is 16.1. The first-order valence-electron chi connectivity index (χ1n) is 6.75. The van der Waals surface area contributed by atoms with Crippen LogP contribution in [0, 0.1) is 13.8 Å². The topological polar surface area (TPSA) is 55.4 Å². The lowest BCUT2D eigenvalue weighted by atomic mass is 10.1. The van der Waals surface area contributed by atoms with Crippen LogP contribution in [-0.4, -0.2) is 18.5 Å². The van der Waals surface area contributed by atoms with E-state index in [1.54, 1.807) is 24.3 Å². The van der Waals surface area contributed by atoms with Crippen molar-refractivity contribution in [2.75, 3.05) is 11.9 Å². The van der Waals surface area contributed by atoms with E-state index in [9.17, 15) is 9.59 Å². The summed E-state index contributed by atoms with van der Waals surface area (Å²) in [5.41, 5.74) is 3.07. The maximum Gasteiger partial charge on any atom is 0.338 e. The van der Waals surface area contributed by atoms with E-state index in [4.69, 9.17) is 4.74 Å². The van der Waals surface area contributed by atoms with E-state index in [0.717, 1.165) is 15.6 Å². The molecule has 0 aromatic heterocycles. The van der Waals surface area contributed by atoms with Crippen LogP contribution in [0.25, 0.3) is 0 Å². The molecule has 1 N–H and O–H groups in total. The Kier molecular flexibility index (Phi) is 5.33. The summed E-state index contributed by atoms with van der Waals surface area (Å²) in [7, 11) is 0. The van der Waals surface area contributed by atoms with Crippen LogP contribution in [-0.2, 0) is 9.53 Å². The molecule has 0 radical (unpaired) electrons. The van der Waals surface area contributed by atoms with Gasteiger partial charge in [-0.15, -0.1) is 0 Å². The highest BCUT2D eigenvalue weighted by Gasteiger charge is 2.10. The number of amides is 1. The van der Waals surface area contributed by atoms with E-state index in [-0.39, 0.29) is 12.5 Å². The minimum absolute atomic E-state index is 0.318. The van der Waals surface area contributed by atoms with Crippen LogP contribution in [0.5, 0.6) is 0 Å². The maximum absolute atomic E-state index is 11.8. The third-order valence-corrected chi connectivity index (χ3v) is 3.92. The number of halogens is 1. The molecule has 0 unspecified atom stereocenters. The van der Waals surface area contributed by atoms with Gasteiger partial charge >= 0.3 is 5.97 Å². The summed E-state index contributed by atoms with van der Waals surface area (Å²) < 4.78 is 5.98. The molecule has 5 heteroatoms. The predicted molar refractivity (Wildman–Crippen MR) is 89.0 cm³/mol. The number of anilines is 1. The van der Waals surface area contributed by atoms with Crippen LogP contribution in [0.3, 0.4) is 0 Å². The summed E-state index contributed by atoms with van der Waals surface area (Å²) in [6, 6.07) is 12.5. The van der Waals surface area contributed by atoms with Gasteiger partial charge in [0.05, 0.1) is 5.56 Å². The molecule has 0 fully saturated rings. The van der Waals surface area contributed by atoms with Gasteiger partial charge in [0.2, 0.25) is 0 Å². The molecule has 0 bridgehead atoms. The Labute approximate surface area is 137 Å². The maximum atomic E-state index is 11.8. The van der Waals surface area contributed by atoms with Crippen molar-refractivity contribution < 1.29 is 14.3 Å². The van der Waals surface area contributed by atoms with Crippen molar-refractivity contribution in [3.8, 4) is 0 Å². The molecule has 0 saturated carbocycles. The molecule has 0 atom stereocenters. The highest BCUT2D eigenvalue weighted by molar-refractivity contribution is 9.10. The van der Waals surface area contributed by atoms with E-state index < -0.39 is 5.97 Å². The van der Waals surface area contributed by atoms with Gasteiger partial charge in [0.15, 0.2) is 6.61 Å². The number of esters is 1. The third kappa shape index (κ3) is 4.43. The minimum atomic E-state index is -0.508. The summed E-state index contributed by atoms with van der Waals surface area (Å²) in [6.45, 7) is 3.50. The van der Waals surface area contributed by atoms with Crippen LogP contribution in [0.4, 0.5) is 5.69 Å². The SMILES string of the molecule is Cc1cccc(C(=O)OCC(=O)Nc2ccc(Br)c(C)c2)c1. The monoisotopic (exact) mass is 361 g/mol. The molecule has 22 heavy (non-hydrogen) atoms. The lowest BCUT2D eigenvalue weighted by Crippen LogP contribution is -2.21. The lowest BCUT2D eigenvalue weighted by Gasteiger charge is -2.08. The van der Waals surface area contributed by atoms with Crippen LogP contribution in [0.2, 0.25) is 0 Å². The largest absolute Gasteiger partial charge is 0.452 e. The van der Waals surface area contributed by atoms with Gasteiger partial charge in [-0.2, -0.15) is 0 Å². The van der Waals surface area contributed by atoms with Crippen molar-refractivity contribution in [3.05, 3.63) is 63.6 Å². The highest BCUT2D eigenvalue weighted by Crippen LogP contribution is 2.19. The van der Waals surface area contributed by atoms with Gasteiger partial charge in [-0.05, 0) is 49.7 Å². The fourth-order valence-corrected chi connectivity index (χ4v) is 2.15. The fourth-order valence-electron chi connectivity index (χ4n) is 1.91. The molecular formula is C17H16BrNO3. The van der Waals surface area contributed by atoms with E-state index in [1.165, 1.54) is 0 Å². The number of carbonyl (C=O) groups excluding carboxylic acids is 2. The third-order valence-electron chi connectivity index (χ3n) is 3.03. The molecule has 0 saturated heterocycles. The molecule has 0 heterocycles. The van der Waals surface area contributed by atoms with Crippen LogP contribution >= 0.6 is 15.9 Å². The Bertz CT molecular complexity index is 713. The summed E-state index contributed by atoms with van der Waals surface area (Å²) in [6.07, 6.45) is 0. The van der Waals surface area contributed by atoms with E-state index in [2.05, 4.69) is 21.2 Å². The molecule has 2 aromatic rings. The van der Waals surface area contributed by atoms with Crippen molar-refractivity contribution in [3.63, 3.8) is 0 Å². The number of benzene rings is 2. The molecule has 4 nitrogen and oxygen atoms in total. The summed E-state index contributed by atoms with van der Waals surface area (Å²) in [4.78, 5) is 23.7. The molecule has 2 aromatic carbocycles.